The van der Waals surface area contributed by atoms with Crippen LogP contribution in [0.25, 0.3) is 0 Å². The van der Waals surface area contributed by atoms with E-state index in [0.29, 0.717) is 44.0 Å². The van der Waals surface area contributed by atoms with E-state index in [1.807, 2.05) is 11.0 Å². The van der Waals surface area contributed by atoms with Gasteiger partial charge in [0.2, 0.25) is 11.9 Å². The largest absolute Gasteiger partial charge is 0.466 e. The molecule has 160 valence electrons. The fraction of sp³-hybridized carbons (Fsp3) is 0.429. The minimum absolute atomic E-state index is 0.150. The number of anilines is 2. The predicted octanol–water partition coefficient (Wildman–Crippen LogP) is 1.17. The molecule has 2 aromatic heterocycles. The van der Waals surface area contributed by atoms with Crippen LogP contribution in [-0.2, 0) is 14.3 Å². The summed E-state index contributed by atoms with van der Waals surface area (Å²) in [5.74, 6) is -2.24. The van der Waals surface area contributed by atoms with Crippen molar-refractivity contribution < 1.29 is 14.3 Å². The smallest absolute Gasteiger partial charge is 0.309 e. The van der Waals surface area contributed by atoms with Crippen LogP contribution in [0.3, 0.4) is 0 Å². The Morgan fingerprint density at radius 2 is 2.13 bits per heavy atom. The molecule has 2 N–H and O–H groups in total. The molecule has 10 nitrogen and oxygen atoms in total. The second-order valence-corrected chi connectivity index (χ2v) is 7.53. The lowest BCUT2D eigenvalue weighted by Gasteiger charge is -2.33. The molecule has 10 heteroatoms. The summed E-state index contributed by atoms with van der Waals surface area (Å²) >= 11 is 0. The molecule has 4 rings (SSSR count). The number of esters is 1. The Morgan fingerprint density at radius 3 is 2.77 bits per heavy atom. The molecular weight excluding hydrogens is 400 g/mol. The van der Waals surface area contributed by atoms with Gasteiger partial charge in [-0.15, -0.1) is 0 Å². The summed E-state index contributed by atoms with van der Waals surface area (Å²) in [7, 11) is 0. The number of aromatic nitrogens is 3. The van der Waals surface area contributed by atoms with Gasteiger partial charge in [0.25, 0.3) is 5.56 Å². The van der Waals surface area contributed by atoms with Crippen LogP contribution in [0, 0.1) is 23.2 Å². The minimum atomic E-state index is -1.06. The van der Waals surface area contributed by atoms with Gasteiger partial charge in [0.05, 0.1) is 24.2 Å². The quantitative estimate of drug-likeness (QED) is 0.700. The van der Waals surface area contributed by atoms with Crippen LogP contribution in [0.4, 0.5) is 11.8 Å². The fourth-order valence-corrected chi connectivity index (χ4v) is 4.16. The van der Waals surface area contributed by atoms with E-state index in [4.69, 9.17) is 4.74 Å². The first-order chi connectivity index (χ1) is 15.0. The molecule has 2 aliphatic rings. The van der Waals surface area contributed by atoms with E-state index in [0.717, 1.165) is 0 Å². The molecule has 0 aliphatic carbocycles. The van der Waals surface area contributed by atoms with Crippen molar-refractivity contribution >= 4 is 23.6 Å². The molecule has 0 spiro atoms. The number of hydrogen-bond donors (Lipinski definition) is 2. The summed E-state index contributed by atoms with van der Waals surface area (Å²) in [6, 6.07) is 5.43. The van der Waals surface area contributed by atoms with Crippen LogP contribution >= 0.6 is 0 Å². The number of amides is 1. The average Bonchev–Trinajstić information content (AvgIpc) is 2.79. The molecule has 1 saturated heterocycles. The van der Waals surface area contributed by atoms with Gasteiger partial charge in [0.1, 0.15) is 11.7 Å². The van der Waals surface area contributed by atoms with Gasteiger partial charge in [-0.05, 0) is 31.4 Å². The summed E-state index contributed by atoms with van der Waals surface area (Å²) in [5, 5.41) is 12.2. The number of hydrogen-bond acceptors (Lipinski definition) is 8. The first-order valence-electron chi connectivity index (χ1n) is 10.2. The second-order valence-electron chi connectivity index (χ2n) is 7.53. The first kappa shape index (κ1) is 20.5. The van der Waals surface area contributed by atoms with Gasteiger partial charge in [0.15, 0.2) is 0 Å². The van der Waals surface area contributed by atoms with Crippen LogP contribution in [0.2, 0.25) is 0 Å². The van der Waals surface area contributed by atoms with Crippen molar-refractivity contribution in [3.8, 4) is 6.07 Å². The highest BCUT2D eigenvalue weighted by Crippen LogP contribution is 2.38. The lowest BCUT2D eigenvalue weighted by molar-refractivity contribution is -0.148. The highest BCUT2D eigenvalue weighted by atomic mass is 16.5. The van der Waals surface area contributed by atoms with Gasteiger partial charge in [-0.2, -0.15) is 10.2 Å². The maximum absolute atomic E-state index is 13.1. The van der Waals surface area contributed by atoms with E-state index in [1.54, 1.807) is 31.5 Å². The van der Waals surface area contributed by atoms with E-state index in [2.05, 4.69) is 20.3 Å². The molecule has 2 atom stereocenters. The number of nitriles is 1. The predicted molar refractivity (Wildman–Crippen MR) is 110 cm³/mol. The molecule has 1 amide bonds. The van der Waals surface area contributed by atoms with Crippen molar-refractivity contribution in [2.24, 2.45) is 11.8 Å². The molecule has 0 bridgehead atoms. The summed E-state index contributed by atoms with van der Waals surface area (Å²) in [5.41, 5.74) is 0.423. The van der Waals surface area contributed by atoms with Gasteiger partial charge < -0.3 is 15.0 Å². The zero-order valence-corrected chi connectivity index (χ0v) is 17.0. The summed E-state index contributed by atoms with van der Waals surface area (Å²) in [4.78, 5) is 50.8. The Morgan fingerprint density at radius 1 is 1.35 bits per heavy atom. The lowest BCUT2D eigenvalue weighted by Crippen LogP contribution is -2.41. The number of fused-ring (bicyclic) bond motifs is 1. The van der Waals surface area contributed by atoms with Gasteiger partial charge in [-0.1, -0.05) is 6.07 Å². The number of carbonyl (C=O) groups is 2. The van der Waals surface area contributed by atoms with Crippen LogP contribution in [0.5, 0.6) is 0 Å². The van der Waals surface area contributed by atoms with Gasteiger partial charge >= 0.3 is 5.97 Å². The molecule has 31 heavy (non-hydrogen) atoms. The molecule has 0 radical (unpaired) electrons. The Bertz CT molecular complexity index is 1090. The highest BCUT2D eigenvalue weighted by molar-refractivity contribution is 5.97. The Hall–Kier alpha value is -3.74. The van der Waals surface area contributed by atoms with Gasteiger partial charge in [0, 0.05) is 31.4 Å². The van der Waals surface area contributed by atoms with Crippen molar-refractivity contribution in [2.75, 3.05) is 29.9 Å². The maximum atomic E-state index is 13.1. The molecule has 4 heterocycles. The molecule has 2 aromatic rings. The van der Waals surface area contributed by atoms with Crippen LogP contribution in [0.15, 0.2) is 29.3 Å². The number of rotatable bonds is 4. The number of nitrogens with one attached hydrogen (secondary N) is 2. The standard InChI is InChI=1S/C21H22N6O4/c1-2-31-20(30)12-5-8-27(9-6-12)21-25-17-16(19(29)26-21)15(13-4-3-7-23-11-13)14(10-22)18(28)24-17/h3-4,7,11-12,14-15H,2,5-6,8-9H2,1H3,(H2,24,25,26,28,29). The number of aromatic amines is 1. The lowest BCUT2D eigenvalue weighted by atomic mass is 9.80. The molecule has 2 unspecified atom stereocenters. The number of pyridine rings is 1. The Kier molecular flexibility index (Phi) is 5.66. The third kappa shape index (κ3) is 3.86. The normalized spacial score (nSPS) is 21.0. The van der Waals surface area contributed by atoms with E-state index >= 15 is 0 Å². The minimum Gasteiger partial charge on any atom is -0.466 e. The topological polar surface area (TPSA) is 141 Å². The number of piperidine rings is 1. The Labute approximate surface area is 178 Å². The number of carbonyl (C=O) groups excluding carboxylic acids is 2. The average molecular weight is 422 g/mol. The second kappa shape index (κ2) is 8.55. The maximum Gasteiger partial charge on any atom is 0.309 e. The number of nitrogens with zero attached hydrogens (tertiary/aromatic N) is 4. The zero-order chi connectivity index (χ0) is 22.0. The van der Waals surface area contributed by atoms with Gasteiger partial charge in [-0.25, -0.2) is 0 Å². The molecule has 1 fully saturated rings. The van der Waals surface area contributed by atoms with Crippen molar-refractivity contribution in [1.29, 1.82) is 5.26 Å². The molecular formula is C21H22N6O4. The number of H-pyrrole nitrogens is 1. The van der Waals surface area contributed by atoms with E-state index in [-0.39, 0.29) is 23.3 Å². The fourth-order valence-electron chi connectivity index (χ4n) is 4.16. The van der Waals surface area contributed by atoms with E-state index < -0.39 is 23.3 Å². The number of ether oxygens (including phenoxy) is 1. The molecule has 0 aromatic carbocycles. The van der Waals surface area contributed by atoms with E-state index in [1.165, 1.54) is 0 Å². The summed E-state index contributed by atoms with van der Waals surface area (Å²) in [6.07, 6.45) is 4.30. The van der Waals surface area contributed by atoms with Crippen molar-refractivity contribution in [3.05, 3.63) is 46.0 Å². The van der Waals surface area contributed by atoms with Crippen molar-refractivity contribution in [3.63, 3.8) is 0 Å². The van der Waals surface area contributed by atoms with Crippen LogP contribution in [0.1, 0.15) is 36.8 Å². The zero-order valence-electron chi connectivity index (χ0n) is 17.0. The monoisotopic (exact) mass is 422 g/mol. The third-order valence-corrected chi connectivity index (χ3v) is 5.71. The SMILES string of the molecule is CCOC(=O)C1CCN(c2nc3c(c(=O)[nH]2)C(c2cccnc2)C(C#N)C(=O)N3)CC1. The highest BCUT2D eigenvalue weighted by Gasteiger charge is 2.40. The first-order valence-corrected chi connectivity index (χ1v) is 10.2. The van der Waals surface area contributed by atoms with Crippen molar-refractivity contribution in [1.82, 2.24) is 15.0 Å². The summed E-state index contributed by atoms with van der Waals surface area (Å²) in [6.45, 7) is 3.16. The van der Waals surface area contributed by atoms with Crippen molar-refractivity contribution in [2.45, 2.75) is 25.7 Å². The molecule has 2 aliphatic heterocycles. The van der Waals surface area contributed by atoms with Crippen LogP contribution in [-0.4, -0.2) is 46.5 Å². The third-order valence-electron chi connectivity index (χ3n) is 5.71. The molecule has 0 saturated carbocycles. The Balaban J connectivity index is 1.65. The van der Waals surface area contributed by atoms with E-state index in [9.17, 15) is 19.6 Å². The summed E-state index contributed by atoms with van der Waals surface area (Å²) < 4.78 is 5.09. The van der Waals surface area contributed by atoms with Crippen LogP contribution < -0.4 is 15.8 Å². The van der Waals surface area contributed by atoms with Gasteiger partial charge in [-0.3, -0.25) is 24.4 Å².